The molecule has 10 rings (SSSR count). The molecule has 8 heterocycles. The van der Waals surface area contributed by atoms with E-state index >= 15 is 0 Å². The van der Waals surface area contributed by atoms with Crippen molar-refractivity contribution in [2.75, 3.05) is 0 Å². The Morgan fingerprint density at radius 1 is 0.267 bits per heavy atom. The van der Waals surface area contributed by atoms with Crippen molar-refractivity contribution in [3.63, 3.8) is 0 Å². The summed E-state index contributed by atoms with van der Waals surface area (Å²) in [6.45, 7) is 0. The lowest BCUT2D eigenvalue weighted by atomic mass is 9.62. The normalized spacial score (nSPS) is 21.6. The van der Waals surface area contributed by atoms with E-state index in [4.69, 9.17) is 19.9 Å². The lowest BCUT2D eigenvalue weighted by Crippen LogP contribution is -2.32. The van der Waals surface area contributed by atoms with Gasteiger partial charge in [0.05, 0.1) is 22.8 Å². The summed E-state index contributed by atoms with van der Waals surface area (Å²) < 4.78 is 0. The van der Waals surface area contributed by atoms with E-state index in [-0.39, 0.29) is 0 Å². The zero-order valence-electron chi connectivity index (χ0n) is 33.5. The summed E-state index contributed by atoms with van der Waals surface area (Å²) in [4.78, 5) is 38.9. The maximum absolute atomic E-state index is 5.13. The Labute approximate surface area is 351 Å². The van der Waals surface area contributed by atoms with E-state index in [0.717, 1.165) is 106 Å². The Hall–Kier alpha value is -6.80. The predicted octanol–water partition coefficient (Wildman–Crippen LogP) is 11.5. The zero-order chi connectivity index (χ0) is 40.1. The number of hydrogen-bond acceptors (Lipinski definition) is 8. The van der Waals surface area contributed by atoms with Gasteiger partial charge in [0.15, 0.2) is 0 Å². The molecule has 0 spiro atoms. The topological polar surface area (TPSA) is 103 Å². The van der Waals surface area contributed by atoms with Gasteiger partial charge in [0, 0.05) is 118 Å². The molecule has 8 aromatic heterocycles. The molecule has 0 saturated heterocycles. The Bertz CT molecular complexity index is 2220. The van der Waals surface area contributed by atoms with Crippen molar-refractivity contribution in [3.05, 3.63) is 194 Å². The van der Waals surface area contributed by atoms with Gasteiger partial charge in [-0.15, -0.1) is 0 Å². The molecule has 2 aliphatic rings. The lowest BCUT2D eigenvalue weighted by Gasteiger charge is -2.43. The monoisotopic (exact) mass is 782 g/mol. The molecule has 0 aromatic carbocycles. The molecule has 2 aliphatic carbocycles. The molecule has 2 fully saturated rings. The van der Waals surface area contributed by atoms with Crippen LogP contribution in [-0.2, 0) is 0 Å². The van der Waals surface area contributed by atoms with Gasteiger partial charge >= 0.3 is 0 Å². The van der Waals surface area contributed by atoms with Gasteiger partial charge in [0.2, 0.25) is 0 Å². The van der Waals surface area contributed by atoms with E-state index in [1.165, 1.54) is 0 Å². The smallest absolute Gasteiger partial charge is 0.0717 e. The molecule has 4 unspecified atom stereocenters. The van der Waals surface area contributed by atoms with Gasteiger partial charge in [0.1, 0.15) is 0 Å². The summed E-state index contributed by atoms with van der Waals surface area (Å²) in [5, 5.41) is 0. The third kappa shape index (κ3) is 8.23. The standard InChI is InChI=1S/C52H46N8/c1-5-21-53-45(9-1)35-13-17-49(57-31-35)41-25-39(26-42(29-41)50-18-14-36(32-58-50)46-10-2-6-22-54-46)40-27-43(51-19-15-37(33-59-51)47-11-3-7-23-55-47)30-44(28-40)52-20-16-38(34-60-52)48-12-4-8-24-56-48/h1-24,31-34,39-44H,25-30H2. The van der Waals surface area contributed by atoms with Gasteiger partial charge in [0.25, 0.3) is 0 Å². The Kier molecular flexibility index (Phi) is 10.7. The maximum Gasteiger partial charge on any atom is 0.0717 e. The van der Waals surface area contributed by atoms with Crippen LogP contribution in [0.1, 0.15) is 85.0 Å². The minimum Gasteiger partial charge on any atom is -0.260 e. The Morgan fingerprint density at radius 3 is 0.733 bits per heavy atom. The number of rotatable bonds is 9. The van der Waals surface area contributed by atoms with E-state index in [9.17, 15) is 0 Å². The summed E-state index contributed by atoms with van der Waals surface area (Å²) in [7, 11) is 0. The first kappa shape index (κ1) is 37.5. The molecule has 294 valence electrons. The highest BCUT2D eigenvalue weighted by Crippen LogP contribution is 2.53. The highest BCUT2D eigenvalue weighted by Gasteiger charge is 2.41. The van der Waals surface area contributed by atoms with Gasteiger partial charge in [-0.05, 0) is 147 Å². The minimum absolute atomic E-state index is 0.300. The first-order valence-corrected chi connectivity index (χ1v) is 21.2. The van der Waals surface area contributed by atoms with Crippen LogP contribution < -0.4 is 0 Å². The fourth-order valence-corrected chi connectivity index (χ4v) is 9.79. The van der Waals surface area contributed by atoms with Crippen LogP contribution in [0.4, 0.5) is 0 Å². The summed E-state index contributed by atoms with van der Waals surface area (Å²) in [5.41, 5.74) is 12.5. The summed E-state index contributed by atoms with van der Waals surface area (Å²) >= 11 is 0. The molecule has 8 aromatic rings. The maximum atomic E-state index is 5.13. The molecule has 60 heavy (non-hydrogen) atoms. The first-order valence-electron chi connectivity index (χ1n) is 21.2. The van der Waals surface area contributed by atoms with Crippen LogP contribution in [0.25, 0.3) is 45.0 Å². The number of aromatic nitrogens is 8. The molecule has 8 heteroatoms. The van der Waals surface area contributed by atoms with Crippen molar-refractivity contribution < 1.29 is 0 Å². The van der Waals surface area contributed by atoms with Crippen LogP contribution in [0.3, 0.4) is 0 Å². The Balaban J connectivity index is 0.978. The van der Waals surface area contributed by atoms with Crippen LogP contribution in [-0.4, -0.2) is 39.9 Å². The van der Waals surface area contributed by atoms with Crippen molar-refractivity contribution in [2.24, 2.45) is 11.8 Å². The van der Waals surface area contributed by atoms with Crippen LogP contribution in [0.15, 0.2) is 171 Å². The summed E-state index contributed by atoms with van der Waals surface area (Å²) in [6.07, 6.45) is 21.7. The average Bonchev–Trinajstić information content (AvgIpc) is 3.35. The first-order chi connectivity index (χ1) is 29.7. The molecule has 4 atom stereocenters. The van der Waals surface area contributed by atoms with Crippen molar-refractivity contribution in [2.45, 2.75) is 62.2 Å². The highest BCUT2D eigenvalue weighted by atomic mass is 14.8. The van der Waals surface area contributed by atoms with Crippen molar-refractivity contribution >= 4 is 0 Å². The Morgan fingerprint density at radius 2 is 0.533 bits per heavy atom. The number of nitrogens with zero attached hydrogens (tertiary/aromatic N) is 8. The molecule has 0 bridgehead atoms. The van der Waals surface area contributed by atoms with Crippen molar-refractivity contribution in [1.29, 1.82) is 0 Å². The van der Waals surface area contributed by atoms with Gasteiger partial charge in [-0.3, -0.25) is 39.9 Å². The number of pyridine rings is 8. The van der Waals surface area contributed by atoms with Crippen LogP contribution >= 0.6 is 0 Å². The minimum atomic E-state index is 0.300. The molecule has 0 radical (unpaired) electrons. The summed E-state index contributed by atoms with van der Waals surface area (Å²) in [5.74, 6) is 2.13. The second-order valence-corrected chi connectivity index (χ2v) is 16.5. The second kappa shape index (κ2) is 17.2. The second-order valence-electron chi connectivity index (χ2n) is 16.5. The molecule has 0 N–H and O–H groups in total. The van der Waals surface area contributed by atoms with Crippen LogP contribution in [0.2, 0.25) is 0 Å². The van der Waals surface area contributed by atoms with E-state index in [1.54, 1.807) is 0 Å². The van der Waals surface area contributed by atoms with Crippen molar-refractivity contribution in [3.8, 4) is 45.0 Å². The quantitative estimate of drug-likeness (QED) is 0.143. The molecule has 2 saturated carbocycles. The predicted molar refractivity (Wildman–Crippen MR) is 236 cm³/mol. The van der Waals surface area contributed by atoms with Gasteiger partial charge in [-0.2, -0.15) is 0 Å². The van der Waals surface area contributed by atoms with Crippen LogP contribution in [0.5, 0.6) is 0 Å². The third-order valence-corrected chi connectivity index (χ3v) is 12.8. The zero-order valence-corrected chi connectivity index (χ0v) is 33.5. The molecular formula is C52H46N8. The van der Waals surface area contributed by atoms with Gasteiger partial charge in [-0.1, -0.05) is 24.3 Å². The molecule has 8 nitrogen and oxygen atoms in total. The van der Waals surface area contributed by atoms with E-state index < -0.39 is 0 Å². The molecule has 0 amide bonds. The highest BCUT2D eigenvalue weighted by molar-refractivity contribution is 5.60. The van der Waals surface area contributed by atoms with E-state index in [0.29, 0.717) is 35.5 Å². The summed E-state index contributed by atoms with van der Waals surface area (Å²) in [6, 6.07) is 41.8. The van der Waals surface area contributed by atoms with Gasteiger partial charge < -0.3 is 0 Å². The van der Waals surface area contributed by atoms with Crippen molar-refractivity contribution in [1.82, 2.24) is 39.9 Å². The fourth-order valence-electron chi connectivity index (χ4n) is 9.79. The van der Waals surface area contributed by atoms with E-state index in [1.807, 2.05) is 122 Å². The van der Waals surface area contributed by atoms with Crippen LogP contribution in [0, 0.1) is 11.8 Å². The average molecular weight is 783 g/mol. The van der Waals surface area contributed by atoms with Gasteiger partial charge in [-0.25, -0.2) is 0 Å². The largest absolute Gasteiger partial charge is 0.260 e. The number of hydrogen-bond donors (Lipinski definition) is 0. The fraction of sp³-hybridized carbons (Fsp3) is 0.231. The molecular weight excluding hydrogens is 737 g/mol. The van der Waals surface area contributed by atoms with E-state index in [2.05, 4.69) is 68.5 Å². The molecule has 0 aliphatic heterocycles. The lowest BCUT2D eigenvalue weighted by molar-refractivity contribution is 0.144. The third-order valence-electron chi connectivity index (χ3n) is 12.8. The SMILES string of the molecule is c1ccc(-c2ccc(C3CC(c4ccc(-c5ccccn5)cn4)CC(C4CC(c5ccc(-c6ccccn6)cn5)CC(c5ccc(-c6ccccn6)cn5)C4)C3)nc2)nc1.